The topological polar surface area (TPSA) is 157 Å². The molecule has 0 atom stereocenters. The Morgan fingerprint density at radius 3 is 1.33 bits per heavy atom. The first-order valence-electron chi connectivity index (χ1n) is 17.9. The number of hydrogen-bond donors (Lipinski definition) is 6. The molecule has 0 saturated carbocycles. The number of rotatable bonds is 21. The van der Waals surface area contributed by atoms with Crippen molar-refractivity contribution in [3.8, 4) is 11.5 Å². The number of hydrogen-bond acceptors (Lipinski definition) is 6. The summed E-state index contributed by atoms with van der Waals surface area (Å²) < 4.78 is 0. The first kappa shape index (κ1) is 40.1. The van der Waals surface area contributed by atoms with Crippen LogP contribution in [0, 0.1) is 5.41 Å². The van der Waals surface area contributed by atoms with Gasteiger partial charge >= 0.3 is 0 Å². The van der Waals surface area contributed by atoms with Crippen molar-refractivity contribution < 1.29 is 29.4 Å². The van der Waals surface area contributed by atoms with Crippen molar-refractivity contribution in [3.05, 3.63) is 58.7 Å². The molecule has 0 aliphatic rings. The molecule has 0 unspecified atom stereocenters. The minimum atomic E-state index is -1.66. The predicted octanol–water partition coefficient (Wildman–Crippen LogP) is 7.32. The number of nitrogens with one attached hydrogen (secondary N) is 4. The lowest BCUT2D eigenvalue weighted by atomic mass is 9.82. The van der Waals surface area contributed by atoms with E-state index in [1.165, 1.54) is 19.1 Å². The van der Waals surface area contributed by atoms with Gasteiger partial charge in [0.15, 0.2) is 0 Å². The Morgan fingerprint density at radius 2 is 0.917 bits per heavy atom. The van der Waals surface area contributed by atoms with Crippen LogP contribution in [0.15, 0.2) is 36.4 Å². The first-order chi connectivity index (χ1) is 23.1. The van der Waals surface area contributed by atoms with Gasteiger partial charge in [-0.25, -0.2) is 0 Å². The van der Waals surface area contributed by atoms with E-state index in [1.807, 2.05) is 0 Å². The fourth-order valence-corrected chi connectivity index (χ4v) is 5.82. The summed E-state index contributed by atoms with van der Waals surface area (Å²) in [4.78, 5) is 53.7. The van der Waals surface area contributed by atoms with Crippen LogP contribution in [0.2, 0.25) is 0 Å². The summed E-state index contributed by atoms with van der Waals surface area (Å²) in [5.41, 5.74) is 9.44. The summed E-state index contributed by atoms with van der Waals surface area (Å²) in [5, 5.41) is 21.0. The standard InChI is InChI=1S/C38H58N4O6/c1-5-8-11-14-15-18-27-38(4,36(47)41-39-34(45)32-28(21-16-12-9-6-2)23-19-25-30(32)43)37(48)42-40-35(46)33-29(22-17-13-10-7-3)24-20-26-31(33)44/h19-20,23-26,43-44H,5-18,21-22,27H2,1-4H3,(H,39,45)(H,40,46)(H,41,47)(H,42,48). The van der Waals surface area contributed by atoms with E-state index < -0.39 is 29.0 Å². The van der Waals surface area contributed by atoms with Gasteiger partial charge in [-0.15, -0.1) is 0 Å². The number of hydrazine groups is 2. The molecule has 0 aliphatic carbocycles. The molecule has 0 spiro atoms. The number of benzene rings is 2. The molecular formula is C38H58N4O6. The Hall–Kier alpha value is -4.08. The molecule has 48 heavy (non-hydrogen) atoms. The lowest BCUT2D eigenvalue weighted by Gasteiger charge is -2.27. The summed E-state index contributed by atoms with van der Waals surface area (Å²) in [6, 6.07) is 9.77. The van der Waals surface area contributed by atoms with Crippen LogP contribution in [0.25, 0.3) is 0 Å². The van der Waals surface area contributed by atoms with Gasteiger partial charge in [0.25, 0.3) is 23.6 Å². The van der Waals surface area contributed by atoms with Gasteiger partial charge in [-0.2, -0.15) is 0 Å². The maximum absolute atomic E-state index is 13.6. The summed E-state index contributed by atoms with van der Waals surface area (Å²) in [7, 11) is 0. The molecule has 6 N–H and O–H groups in total. The van der Waals surface area contributed by atoms with Crippen molar-refractivity contribution in [2.75, 3.05) is 0 Å². The highest BCUT2D eigenvalue weighted by Crippen LogP contribution is 2.27. The molecule has 10 heteroatoms. The number of phenols is 2. The zero-order valence-electron chi connectivity index (χ0n) is 29.5. The molecular weight excluding hydrogens is 608 g/mol. The van der Waals surface area contributed by atoms with Gasteiger partial charge in [-0.3, -0.25) is 40.9 Å². The van der Waals surface area contributed by atoms with Crippen LogP contribution in [0.4, 0.5) is 0 Å². The van der Waals surface area contributed by atoms with Gasteiger partial charge in [-0.05, 0) is 62.3 Å². The maximum atomic E-state index is 13.6. The lowest BCUT2D eigenvalue weighted by molar-refractivity contribution is -0.144. The third-order valence-electron chi connectivity index (χ3n) is 8.92. The Balaban J connectivity index is 2.17. The van der Waals surface area contributed by atoms with E-state index in [9.17, 15) is 29.4 Å². The Morgan fingerprint density at radius 1 is 0.542 bits per heavy atom. The second kappa shape index (κ2) is 21.7. The fraction of sp³-hybridized carbons (Fsp3) is 0.579. The minimum absolute atomic E-state index is 0.0804. The van der Waals surface area contributed by atoms with Gasteiger partial charge in [0.05, 0.1) is 11.1 Å². The van der Waals surface area contributed by atoms with E-state index in [4.69, 9.17) is 0 Å². The van der Waals surface area contributed by atoms with E-state index in [-0.39, 0.29) is 29.0 Å². The number of phenolic OH excluding ortho intramolecular Hbond substituents is 2. The number of aromatic hydroxyl groups is 2. The van der Waals surface area contributed by atoms with Crippen LogP contribution in [0.3, 0.4) is 0 Å². The van der Waals surface area contributed by atoms with Crippen molar-refractivity contribution in [1.29, 1.82) is 0 Å². The summed E-state index contributed by atoms with van der Waals surface area (Å²) in [6.45, 7) is 7.83. The van der Waals surface area contributed by atoms with Gasteiger partial charge in [0.2, 0.25) is 0 Å². The number of amides is 4. The third kappa shape index (κ3) is 12.5. The highest BCUT2D eigenvalue weighted by atomic mass is 16.3. The van der Waals surface area contributed by atoms with Gasteiger partial charge in [0, 0.05) is 0 Å². The van der Waals surface area contributed by atoms with E-state index in [0.29, 0.717) is 30.4 Å². The van der Waals surface area contributed by atoms with Crippen molar-refractivity contribution in [2.24, 2.45) is 5.41 Å². The van der Waals surface area contributed by atoms with Crippen LogP contribution < -0.4 is 21.7 Å². The average molecular weight is 667 g/mol. The smallest absolute Gasteiger partial charge is 0.273 e. The second-order valence-electron chi connectivity index (χ2n) is 12.9. The summed E-state index contributed by atoms with van der Waals surface area (Å²) in [5.74, 6) is -3.27. The zero-order valence-corrected chi connectivity index (χ0v) is 29.5. The Kier molecular flexibility index (Phi) is 18.1. The number of carbonyl (C=O) groups excluding carboxylic acids is 4. The molecule has 2 aromatic carbocycles. The van der Waals surface area contributed by atoms with Crippen LogP contribution in [-0.4, -0.2) is 33.8 Å². The second-order valence-corrected chi connectivity index (χ2v) is 12.9. The van der Waals surface area contributed by atoms with Crippen LogP contribution in [0.5, 0.6) is 11.5 Å². The zero-order chi connectivity index (χ0) is 35.4. The third-order valence-corrected chi connectivity index (χ3v) is 8.92. The van der Waals surface area contributed by atoms with Crippen LogP contribution in [-0.2, 0) is 22.4 Å². The summed E-state index contributed by atoms with van der Waals surface area (Å²) >= 11 is 0. The van der Waals surface area contributed by atoms with E-state index in [2.05, 4.69) is 42.5 Å². The Labute approximate surface area is 286 Å². The summed E-state index contributed by atoms with van der Waals surface area (Å²) in [6.07, 6.45) is 15.0. The van der Waals surface area contributed by atoms with Crippen molar-refractivity contribution in [1.82, 2.24) is 21.7 Å². The molecule has 4 amide bonds. The molecule has 0 heterocycles. The fourth-order valence-electron chi connectivity index (χ4n) is 5.82. The highest BCUT2D eigenvalue weighted by Gasteiger charge is 2.41. The molecule has 0 radical (unpaired) electrons. The monoisotopic (exact) mass is 666 g/mol. The lowest BCUT2D eigenvalue weighted by Crippen LogP contribution is -2.57. The molecule has 10 nitrogen and oxygen atoms in total. The molecule has 2 rings (SSSR count). The maximum Gasteiger partial charge on any atom is 0.273 e. The largest absolute Gasteiger partial charge is 0.507 e. The molecule has 0 fully saturated rings. The van der Waals surface area contributed by atoms with Crippen LogP contribution in [0.1, 0.15) is 156 Å². The SMILES string of the molecule is CCCCCCCCC(C)(C(=O)NNC(=O)c1c(O)cccc1CCCCCC)C(=O)NNC(=O)c1c(O)cccc1CCCCCC. The van der Waals surface area contributed by atoms with E-state index in [1.54, 1.807) is 24.3 Å². The van der Waals surface area contributed by atoms with Gasteiger partial charge in [0.1, 0.15) is 16.9 Å². The quantitative estimate of drug-likeness (QED) is 0.0466. The number of aryl methyl sites for hydroxylation is 2. The molecule has 0 bridgehead atoms. The normalized spacial score (nSPS) is 11.2. The van der Waals surface area contributed by atoms with Crippen molar-refractivity contribution >= 4 is 23.6 Å². The number of unbranched alkanes of at least 4 members (excludes halogenated alkanes) is 11. The molecule has 2 aromatic rings. The molecule has 0 aliphatic heterocycles. The minimum Gasteiger partial charge on any atom is -0.507 e. The predicted molar refractivity (Wildman–Crippen MR) is 189 cm³/mol. The van der Waals surface area contributed by atoms with Crippen LogP contribution >= 0.6 is 0 Å². The average Bonchev–Trinajstić information content (AvgIpc) is 3.07. The Bertz CT molecular complexity index is 1240. The van der Waals surface area contributed by atoms with E-state index >= 15 is 0 Å². The van der Waals surface area contributed by atoms with Gasteiger partial charge < -0.3 is 10.2 Å². The first-order valence-corrected chi connectivity index (χ1v) is 17.9. The molecule has 0 saturated heterocycles. The highest BCUT2D eigenvalue weighted by molar-refractivity contribution is 6.07. The van der Waals surface area contributed by atoms with Gasteiger partial charge in [-0.1, -0.05) is 122 Å². The molecule has 0 aromatic heterocycles. The molecule has 266 valence electrons. The van der Waals surface area contributed by atoms with E-state index in [0.717, 1.165) is 83.5 Å². The van der Waals surface area contributed by atoms with Crippen molar-refractivity contribution in [2.45, 2.75) is 137 Å². The van der Waals surface area contributed by atoms with Crippen molar-refractivity contribution in [3.63, 3.8) is 0 Å². The number of carbonyl (C=O) groups is 4.